The molecule has 2 atom stereocenters. The summed E-state index contributed by atoms with van der Waals surface area (Å²) in [6, 6.07) is 21.0. The number of pyridine rings is 1. The van der Waals surface area contributed by atoms with Crippen molar-refractivity contribution >= 4 is 34.6 Å². The smallest absolute Gasteiger partial charge is 0.174 e. The van der Waals surface area contributed by atoms with Crippen LogP contribution in [0.3, 0.4) is 0 Å². The lowest BCUT2D eigenvalue weighted by Crippen LogP contribution is -2.30. The number of anilines is 1. The van der Waals surface area contributed by atoms with Crippen molar-refractivity contribution in [3.8, 4) is 11.3 Å². The fraction of sp³-hybridized carbons (Fsp3) is 0.120. The van der Waals surface area contributed by atoms with Gasteiger partial charge in [0, 0.05) is 16.8 Å². The van der Waals surface area contributed by atoms with Gasteiger partial charge >= 0.3 is 0 Å². The monoisotopic (exact) mass is 463 g/mol. The highest BCUT2D eigenvalue weighted by molar-refractivity contribution is 7.80. The first kappa shape index (κ1) is 20.7. The van der Waals surface area contributed by atoms with Gasteiger partial charge in [-0.05, 0) is 73.2 Å². The first-order valence-electron chi connectivity index (χ1n) is 10.1. The van der Waals surface area contributed by atoms with Crippen LogP contribution in [-0.4, -0.2) is 10.1 Å². The SMILES string of the molecule is Cc1ccc(Cl)cc1-c1ccc([C@H]2[C@@H](c3ccccn3)NC(=S)N2c2ccccc2F)o1. The number of furan rings is 1. The van der Waals surface area contributed by atoms with Crippen LogP contribution >= 0.6 is 23.8 Å². The van der Waals surface area contributed by atoms with Gasteiger partial charge in [-0.1, -0.05) is 35.9 Å². The minimum Gasteiger partial charge on any atom is -0.459 e. The minimum atomic E-state index is -0.428. The molecule has 2 aromatic heterocycles. The number of aryl methyl sites for hydroxylation is 1. The van der Waals surface area contributed by atoms with Gasteiger partial charge in [0.15, 0.2) is 5.11 Å². The van der Waals surface area contributed by atoms with Crippen LogP contribution in [-0.2, 0) is 0 Å². The highest BCUT2D eigenvalue weighted by atomic mass is 35.5. The Labute approximate surface area is 195 Å². The number of hydrogen-bond acceptors (Lipinski definition) is 3. The molecule has 7 heteroatoms. The summed E-state index contributed by atoms with van der Waals surface area (Å²) in [6.07, 6.45) is 1.73. The van der Waals surface area contributed by atoms with Crippen LogP contribution in [0, 0.1) is 12.7 Å². The van der Waals surface area contributed by atoms with E-state index in [0.29, 0.717) is 27.3 Å². The Hall–Kier alpha value is -3.22. The molecule has 5 rings (SSSR count). The molecule has 3 heterocycles. The van der Waals surface area contributed by atoms with Crippen LogP contribution < -0.4 is 10.2 Å². The molecule has 2 aromatic carbocycles. The summed E-state index contributed by atoms with van der Waals surface area (Å²) in [6.45, 7) is 2.00. The summed E-state index contributed by atoms with van der Waals surface area (Å²) in [5.41, 5.74) is 3.12. The van der Waals surface area contributed by atoms with E-state index in [-0.39, 0.29) is 11.9 Å². The molecule has 1 N–H and O–H groups in total. The Balaban J connectivity index is 1.63. The van der Waals surface area contributed by atoms with E-state index in [2.05, 4.69) is 10.3 Å². The summed E-state index contributed by atoms with van der Waals surface area (Å²) < 4.78 is 21.1. The number of thiocarbonyl (C=S) groups is 1. The Morgan fingerprint density at radius 2 is 1.88 bits per heavy atom. The molecule has 1 aliphatic heterocycles. The Morgan fingerprint density at radius 1 is 1.06 bits per heavy atom. The lowest BCUT2D eigenvalue weighted by Gasteiger charge is -2.26. The lowest BCUT2D eigenvalue weighted by atomic mass is 10.0. The maximum Gasteiger partial charge on any atom is 0.174 e. The van der Waals surface area contributed by atoms with Gasteiger partial charge in [-0.15, -0.1) is 0 Å². The second-order valence-electron chi connectivity index (χ2n) is 7.61. The molecule has 0 unspecified atom stereocenters. The predicted molar refractivity (Wildman–Crippen MR) is 128 cm³/mol. The fourth-order valence-electron chi connectivity index (χ4n) is 4.07. The van der Waals surface area contributed by atoms with Gasteiger partial charge in [-0.2, -0.15) is 0 Å². The number of nitrogens with zero attached hydrogens (tertiary/aromatic N) is 2. The van der Waals surface area contributed by atoms with Crippen molar-refractivity contribution in [3.63, 3.8) is 0 Å². The fourth-order valence-corrected chi connectivity index (χ4v) is 4.58. The molecule has 1 saturated heterocycles. The van der Waals surface area contributed by atoms with E-state index in [1.807, 2.05) is 55.5 Å². The second-order valence-corrected chi connectivity index (χ2v) is 8.43. The average molecular weight is 464 g/mol. The number of benzene rings is 2. The maximum atomic E-state index is 14.8. The molecular weight excluding hydrogens is 445 g/mol. The van der Waals surface area contributed by atoms with Crippen LogP contribution in [0.5, 0.6) is 0 Å². The van der Waals surface area contributed by atoms with Gasteiger partial charge in [0.25, 0.3) is 0 Å². The van der Waals surface area contributed by atoms with Crippen molar-refractivity contribution in [2.75, 3.05) is 4.90 Å². The second kappa shape index (κ2) is 8.37. The quantitative estimate of drug-likeness (QED) is 0.344. The number of nitrogens with one attached hydrogen (secondary N) is 1. The van der Waals surface area contributed by atoms with Crippen molar-refractivity contribution in [2.24, 2.45) is 0 Å². The molecule has 0 spiro atoms. The molecule has 0 saturated carbocycles. The summed E-state index contributed by atoms with van der Waals surface area (Å²) in [7, 11) is 0. The first-order chi connectivity index (χ1) is 15.5. The van der Waals surface area contributed by atoms with Crippen LogP contribution in [0.4, 0.5) is 10.1 Å². The molecule has 4 nitrogen and oxygen atoms in total. The predicted octanol–water partition coefficient (Wildman–Crippen LogP) is 6.62. The lowest BCUT2D eigenvalue weighted by molar-refractivity contribution is 0.437. The van der Waals surface area contributed by atoms with E-state index in [1.165, 1.54) is 6.07 Å². The van der Waals surface area contributed by atoms with Crippen LogP contribution in [0.2, 0.25) is 5.02 Å². The number of hydrogen-bond donors (Lipinski definition) is 1. The minimum absolute atomic E-state index is 0.317. The summed E-state index contributed by atoms with van der Waals surface area (Å²) in [5.74, 6) is 0.970. The standard InChI is InChI=1S/C25H19ClFN3OS/c1-15-9-10-16(26)14-17(15)21-11-12-22(31-21)24-23(19-7-4-5-13-28-19)29-25(32)30(24)20-8-3-2-6-18(20)27/h2-14,23-24H,1H3,(H,29,32)/t23-,24+/m1/s1. The number of aromatic nitrogens is 1. The van der Waals surface area contributed by atoms with Gasteiger partial charge in [-0.25, -0.2) is 4.39 Å². The van der Waals surface area contributed by atoms with Crippen LogP contribution in [0.1, 0.15) is 29.1 Å². The highest BCUT2D eigenvalue weighted by Gasteiger charge is 2.43. The molecule has 1 aliphatic rings. The maximum absolute atomic E-state index is 14.8. The first-order valence-corrected chi connectivity index (χ1v) is 10.9. The Bertz CT molecular complexity index is 1290. The van der Waals surface area contributed by atoms with Crippen molar-refractivity contribution in [1.82, 2.24) is 10.3 Å². The molecule has 32 heavy (non-hydrogen) atoms. The van der Waals surface area contributed by atoms with E-state index in [1.54, 1.807) is 29.3 Å². The molecule has 0 radical (unpaired) electrons. The number of para-hydroxylation sites is 1. The molecule has 0 aliphatic carbocycles. The van der Waals surface area contributed by atoms with E-state index < -0.39 is 6.04 Å². The zero-order valence-corrected chi connectivity index (χ0v) is 18.7. The van der Waals surface area contributed by atoms with Crippen molar-refractivity contribution in [3.05, 3.63) is 107 Å². The Kier molecular flexibility index (Phi) is 5.41. The Morgan fingerprint density at radius 3 is 2.66 bits per heavy atom. The number of rotatable bonds is 4. The third-order valence-corrected chi connectivity index (χ3v) is 6.14. The number of halogens is 2. The average Bonchev–Trinajstić information content (AvgIpc) is 3.41. The molecule has 160 valence electrons. The van der Waals surface area contributed by atoms with Crippen LogP contribution in [0.25, 0.3) is 11.3 Å². The molecular formula is C25H19ClFN3OS. The zero-order valence-electron chi connectivity index (χ0n) is 17.1. The van der Waals surface area contributed by atoms with E-state index in [9.17, 15) is 4.39 Å². The summed E-state index contributed by atoms with van der Waals surface area (Å²) in [4.78, 5) is 6.27. The van der Waals surface area contributed by atoms with Gasteiger partial charge < -0.3 is 14.6 Å². The van der Waals surface area contributed by atoms with Gasteiger partial charge in [0.2, 0.25) is 0 Å². The van der Waals surface area contributed by atoms with Crippen molar-refractivity contribution in [2.45, 2.75) is 19.0 Å². The van der Waals surface area contributed by atoms with E-state index in [4.69, 9.17) is 28.2 Å². The molecule has 1 fully saturated rings. The zero-order chi connectivity index (χ0) is 22.2. The third kappa shape index (κ3) is 3.66. The normalized spacial score (nSPS) is 18.1. The van der Waals surface area contributed by atoms with E-state index >= 15 is 0 Å². The summed E-state index contributed by atoms with van der Waals surface area (Å²) in [5, 5.41) is 4.35. The van der Waals surface area contributed by atoms with Crippen molar-refractivity contribution < 1.29 is 8.81 Å². The van der Waals surface area contributed by atoms with Crippen molar-refractivity contribution in [1.29, 1.82) is 0 Å². The van der Waals surface area contributed by atoms with Gasteiger partial charge in [-0.3, -0.25) is 4.98 Å². The van der Waals surface area contributed by atoms with Gasteiger partial charge in [0.1, 0.15) is 23.4 Å². The molecule has 0 bridgehead atoms. The highest BCUT2D eigenvalue weighted by Crippen LogP contribution is 2.43. The summed E-state index contributed by atoms with van der Waals surface area (Å²) >= 11 is 11.9. The topological polar surface area (TPSA) is 41.3 Å². The van der Waals surface area contributed by atoms with Gasteiger partial charge in [0.05, 0.1) is 17.4 Å². The third-order valence-electron chi connectivity index (χ3n) is 5.59. The molecule has 4 aromatic rings. The largest absolute Gasteiger partial charge is 0.459 e. The van der Waals surface area contributed by atoms with E-state index in [0.717, 1.165) is 16.8 Å². The molecule has 0 amide bonds. The van der Waals surface area contributed by atoms with Crippen LogP contribution in [0.15, 0.2) is 83.4 Å².